The van der Waals surface area contributed by atoms with E-state index in [1.165, 1.54) is 6.07 Å². The summed E-state index contributed by atoms with van der Waals surface area (Å²) >= 11 is 1.92. The van der Waals surface area contributed by atoms with E-state index in [1.807, 2.05) is 47.1 Å². The highest BCUT2D eigenvalue weighted by Gasteiger charge is 2.19. The predicted octanol–water partition coefficient (Wildman–Crippen LogP) is 3.40. The number of nitriles is 1. The first-order valence-electron chi connectivity index (χ1n) is 8.45. The summed E-state index contributed by atoms with van der Waals surface area (Å²) in [6, 6.07) is 12.1. The minimum atomic E-state index is -0.618. The van der Waals surface area contributed by atoms with Crippen LogP contribution in [0.4, 0.5) is 16.0 Å². The molecule has 0 spiro atoms. The Bertz CT molecular complexity index is 1280. The molecule has 0 aliphatic carbocycles. The molecule has 0 saturated carbocycles. The molecule has 0 bridgehead atoms. The number of rotatable bonds is 4. The molecule has 4 aromatic rings. The summed E-state index contributed by atoms with van der Waals surface area (Å²) in [6.07, 6.45) is 1.61. The first kappa shape index (κ1) is 19.5. The normalized spacial score (nSPS) is 10.8. The zero-order valence-electron chi connectivity index (χ0n) is 14.9. The molecule has 2 aromatic carbocycles. The summed E-state index contributed by atoms with van der Waals surface area (Å²) in [7, 11) is 2.66. The first-order valence-corrected chi connectivity index (χ1v) is 10.1. The molecular formula is C19H14FIN7P. The Balaban J connectivity index is 1.89. The van der Waals surface area contributed by atoms with Crippen LogP contribution in [0, 0.1) is 17.1 Å². The molecule has 0 aliphatic heterocycles. The maximum absolute atomic E-state index is 14.8. The number of hydrogen-bond acceptors (Lipinski definition) is 6. The van der Waals surface area contributed by atoms with Crippen LogP contribution >= 0.6 is 32.1 Å². The van der Waals surface area contributed by atoms with E-state index in [1.54, 1.807) is 23.0 Å². The Hall–Kier alpha value is -2.83. The molecule has 2 heterocycles. The minimum Gasteiger partial charge on any atom is -0.399 e. The average Bonchev–Trinajstić information content (AvgIpc) is 3.12. The molecule has 10 heteroatoms. The second-order valence-corrected chi connectivity index (χ2v) is 7.43. The number of nitrogens with two attached hydrogens (primary N) is 1. The lowest BCUT2D eigenvalue weighted by atomic mass is 10.1. The lowest BCUT2D eigenvalue weighted by Crippen LogP contribution is -2.10. The lowest BCUT2D eigenvalue weighted by molar-refractivity contribution is 0.627. The molecule has 0 saturated heterocycles. The van der Waals surface area contributed by atoms with E-state index in [0.717, 1.165) is 10.9 Å². The average molecular weight is 517 g/mol. The smallest absolute Gasteiger partial charge is 0.234 e. The molecule has 144 valence electrons. The van der Waals surface area contributed by atoms with Crippen LogP contribution in [0.25, 0.3) is 22.3 Å². The summed E-state index contributed by atoms with van der Waals surface area (Å²) in [6.45, 7) is 0.459. The maximum atomic E-state index is 14.8. The second kappa shape index (κ2) is 7.89. The molecule has 2 aromatic heterocycles. The lowest BCUT2D eigenvalue weighted by Gasteiger charge is -2.10. The van der Waals surface area contributed by atoms with Gasteiger partial charge in [0.15, 0.2) is 5.65 Å². The fourth-order valence-corrected chi connectivity index (χ4v) is 3.66. The number of hydrogen-bond donors (Lipinski definition) is 2. The number of fused-ring (bicyclic) bond motifs is 1. The third-order valence-corrected chi connectivity index (χ3v) is 5.46. The number of nitrogens with zero attached hydrogens (tertiary/aromatic N) is 5. The van der Waals surface area contributed by atoms with Crippen LogP contribution in [-0.2, 0) is 6.54 Å². The van der Waals surface area contributed by atoms with E-state index >= 15 is 0 Å². The van der Waals surface area contributed by atoms with E-state index in [0.29, 0.717) is 34.9 Å². The van der Waals surface area contributed by atoms with Gasteiger partial charge in [0, 0.05) is 11.3 Å². The second-order valence-electron chi connectivity index (χ2n) is 6.27. The Morgan fingerprint density at radius 1 is 1.28 bits per heavy atom. The highest BCUT2D eigenvalue weighted by atomic mass is 127. The van der Waals surface area contributed by atoms with Gasteiger partial charge in [0.05, 0.1) is 52.2 Å². The van der Waals surface area contributed by atoms with Crippen LogP contribution in [0.1, 0.15) is 11.1 Å². The van der Waals surface area contributed by atoms with Crippen molar-refractivity contribution in [3.05, 3.63) is 59.5 Å². The van der Waals surface area contributed by atoms with Crippen LogP contribution < -0.4 is 14.6 Å². The van der Waals surface area contributed by atoms with Crippen molar-refractivity contribution in [2.45, 2.75) is 6.54 Å². The number of anilines is 2. The summed E-state index contributed by atoms with van der Waals surface area (Å²) < 4.78 is 19.4. The van der Waals surface area contributed by atoms with E-state index in [9.17, 15) is 4.39 Å². The Labute approximate surface area is 181 Å². The van der Waals surface area contributed by atoms with Gasteiger partial charge in [-0.1, -0.05) is 12.1 Å². The largest absolute Gasteiger partial charge is 0.399 e. The highest BCUT2D eigenvalue weighted by molar-refractivity contribution is 14.1. The topological polar surface area (TPSA) is 105 Å². The Morgan fingerprint density at radius 2 is 2.10 bits per heavy atom. The molecule has 0 aliphatic rings. The summed E-state index contributed by atoms with van der Waals surface area (Å²) in [5, 5.41) is 15.2. The molecule has 29 heavy (non-hydrogen) atoms. The van der Waals surface area contributed by atoms with Gasteiger partial charge in [-0.2, -0.15) is 15.3 Å². The van der Waals surface area contributed by atoms with Gasteiger partial charge < -0.3 is 5.73 Å². The Kier molecular flexibility index (Phi) is 5.30. The van der Waals surface area contributed by atoms with E-state index in [2.05, 4.69) is 27.8 Å². The van der Waals surface area contributed by atoms with Crippen molar-refractivity contribution >= 4 is 60.1 Å². The first-order chi connectivity index (χ1) is 14.0. The van der Waals surface area contributed by atoms with Gasteiger partial charge in [0.1, 0.15) is 11.9 Å². The third-order valence-electron chi connectivity index (χ3n) is 4.45. The molecule has 1 unspecified atom stereocenters. The summed E-state index contributed by atoms with van der Waals surface area (Å²) in [5.41, 5.74) is 8.63. The molecule has 0 radical (unpaired) electrons. The SMILES string of the molecule is N#Cc1cccc(-c2nc(NI)nc3c2cnn3Cc2ccc(N)cc2P)c1F. The quantitative estimate of drug-likeness (QED) is 0.186. The van der Waals surface area contributed by atoms with Crippen molar-refractivity contribution in [1.29, 1.82) is 5.26 Å². The van der Waals surface area contributed by atoms with Gasteiger partial charge in [0.2, 0.25) is 5.95 Å². The predicted molar refractivity (Wildman–Crippen MR) is 122 cm³/mol. The molecule has 1 atom stereocenters. The van der Waals surface area contributed by atoms with Crippen LogP contribution in [0.5, 0.6) is 0 Å². The van der Waals surface area contributed by atoms with Crippen LogP contribution in [0.15, 0.2) is 42.6 Å². The van der Waals surface area contributed by atoms with Crippen LogP contribution in [0.3, 0.4) is 0 Å². The molecule has 0 amide bonds. The number of halogens is 2. The fourth-order valence-electron chi connectivity index (χ4n) is 3.04. The third kappa shape index (κ3) is 3.61. The van der Waals surface area contributed by atoms with E-state index in [-0.39, 0.29) is 11.1 Å². The van der Waals surface area contributed by atoms with Gasteiger partial charge in [-0.3, -0.25) is 3.53 Å². The highest BCUT2D eigenvalue weighted by Crippen LogP contribution is 2.31. The van der Waals surface area contributed by atoms with Gasteiger partial charge in [-0.25, -0.2) is 14.1 Å². The summed E-state index contributed by atoms with van der Waals surface area (Å²) in [5.74, 6) is -0.298. The van der Waals surface area contributed by atoms with E-state index in [4.69, 9.17) is 11.0 Å². The maximum Gasteiger partial charge on any atom is 0.234 e. The van der Waals surface area contributed by atoms with Crippen molar-refractivity contribution in [2.75, 3.05) is 9.26 Å². The van der Waals surface area contributed by atoms with Gasteiger partial charge in [-0.15, -0.1) is 9.24 Å². The minimum absolute atomic E-state index is 0.0415. The van der Waals surface area contributed by atoms with Crippen molar-refractivity contribution in [3.63, 3.8) is 0 Å². The van der Waals surface area contributed by atoms with E-state index < -0.39 is 5.82 Å². The molecular weight excluding hydrogens is 503 g/mol. The molecule has 7 nitrogen and oxygen atoms in total. The van der Waals surface area contributed by atoms with Gasteiger partial charge >= 0.3 is 0 Å². The van der Waals surface area contributed by atoms with Crippen molar-refractivity contribution in [1.82, 2.24) is 19.7 Å². The standard InChI is InChI=1S/C19H14FIN7P/c20-16-10(7-22)2-1-3-13(16)17-14-8-24-28(18(14)26-19(25-17)27-21)9-11-4-5-12(23)6-15(11)29/h1-6,8H,9,23,29H2,(H,25,26,27). The Morgan fingerprint density at radius 3 is 2.83 bits per heavy atom. The van der Waals surface area contributed by atoms with Gasteiger partial charge in [-0.05, 0) is 35.1 Å². The summed E-state index contributed by atoms with van der Waals surface area (Å²) in [4.78, 5) is 8.93. The fraction of sp³-hybridized carbons (Fsp3) is 0.0526. The van der Waals surface area contributed by atoms with Crippen LogP contribution in [-0.4, -0.2) is 19.7 Å². The van der Waals surface area contributed by atoms with Gasteiger partial charge in [0.25, 0.3) is 0 Å². The zero-order valence-corrected chi connectivity index (χ0v) is 18.2. The number of aromatic nitrogens is 4. The number of benzene rings is 2. The van der Waals surface area contributed by atoms with Crippen molar-refractivity contribution in [3.8, 4) is 17.3 Å². The molecule has 3 N–H and O–H groups in total. The number of nitrogen functional groups attached to an aromatic ring is 1. The zero-order chi connectivity index (χ0) is 20.5. The van der Waals surface area contributed by atoms with Crippen molar-refractivity contribution < 1.29 is 4.39 Å². The number of nitrogens with one attached hydrogen (secondary N) is 1. The van der Waals surface area contributed by atoms with Crippen LogP contribution in [0.2, 0.25) is 0 Å². The van der Waals surface area contributed by atoms with Crippen molar-refractivity contribution in [2.24, 2.45) is 0 Å². The molecule has 4 rings (SSSR count). The molecule has 0 fully saturated rings. The monoisotopic (exact) mass is 517 g/mol.